The second-order valence-corrected chi connectivity index (χ2v) is 5.76. The SMILES string of the molecule is CC(C)Oc1cccc(Oc2ccccc2-c2ccc([O])cc2)c1. The third kappa shape index (κ3) is 3.87. The van der Waals surface area contributed by atoms with E-state index in [1.54, 1.807) is 12.1 Å². The molecule has 3 rings (SSSR count). The van der Waals surface area contributed by atoms with Gasteiger partial charge in [-0.2, -0.15) is 0 Å². The lowest BCUT2D eigenvalue weighted by Gasteiger charge is -2.13. The summed E-state index contributed by atoms with van der Waals surface area (Å²) in [6.07, 6.45) is 0.109. The van der Waals surface area contributed by atoms with Crippen molar-refractivity contribution in [1.29, 1.82) is 0 Å². The lowest BCUT2D eigenvalue weighted by Crippen LogP contribution is -2.05. The first-order chi connectivity index (χ1) is 11.6. The van der Waals surface area contributed by atoms with Gasteiger partial charge in [0.05, 0.1) is 6.10 Å². The predicted molar refractivity (Wildman–Crippen MR) is 94.3 cm³/mol. The van der Waals surface area contributed by atoms with Crippen molar-refractivity contribution in [2.24, 2.45) is 0 Å². The standard InChI is InChI=1S/C21H19O3/c1-15(2)23-18-6-5-7-19(14-18)24-21-9-4-3-8-20(21)16-10-12-17(22)13-11-16/h3-15H,1-2H3. The van der Waals surface area contributed by atoms with Gasteiger partial charge in [-0.25, -0.2) is 0 Å². The van der Waals surface area contributed by atoms with Crippen molar-refractivity contribution in [2.75, 3.05) is 0 Å². The molecule has 3 aromatic carbocycles. The third-order valence-electron chi connectivity index (χ3n) is 3.46. The van der Waals surface area contributed by atoms with Gasteiger partial charge in [-0.1, -0.05) is 36.4 Å². The largest absolute Gasteiger partial charge is 0.491 e. The summed E-state index contributed by atoms with van der Waals surface area (Å²) in [5.41, 5.74) is 1.88. The Labute approximate surface area is 142 Å². The fraction of sp³-hybridized carbons (Fsp3) is 0.143. The minimum atomic E-state index is -0.00400. The Morgan fingerprint density at radius 3 is 2.25 bits per heavy atom. The number of ether oxygens (including phenoxy) is 2. The van der Waals surface area contributed by atoms with Crippen molar-refractivity contribution >= 4 is 0 Å². The molecular formula is C21H19O3. The zero-order chi connectivity index (χ0) is 16.9. The van der Waals surface area contributed by atoms with Crippen LogP contribution in [-0.4, -0.2) is 6.10 Å². The molecule has 0 atom stereocenters. The van der Waals surface area contributed by atoms with Crippen molar-refractivity contribution in [2.45, 2.75) is 20.0 Å². The van der Waals surface area contributed by atoms with Crippen LogP contribution in [0.5, 0.6) is 23.0 Å². The van der Waals surface area contributed by atoms with Crippen LogP contribution in [-0.2, 0) is 5.11 Å². The third-order valence-corrected chi connectivity index (χ3v) is 3.46. The smallest absolute Gasteiger partial charge is 0.178 e. The van der Waals surface area contributed by atoms with E-state index >= 15 is 0 Å². The van der Waals surface area contributed by atoms with Crippen LogP contribution < -0.4 is 9.47 Å². The first-order valence-corrected chi connectivity index (χ1v) is 7.93. The van der Waals surface area contributed by atoms with Crippen molar-refractivity contribution < 1.29 is 14.6 Å². The fourth-order valence-corrected chi connectivity index (χ4v) is 2.44. The first-order valence-electron chi connectivity index (χ1n) is 7.93. The minimum absolute atomic E-state index is 0.00400. The van der Waals surface area contributed by atoms with Crippen LogP contribution in [0.1, 0.15) is 13.8 Å². The summed E-state index contributed by atoms with van der Waals surface area (Å²) in [6.45, 7) is 3.98. The highest BCUT2D eigenvalue weighted by Crippen LogP contribution is 2.34. The summed E-state index contributed by atoms with van der Waals surface area (Å²) in [6, 6.07) is 22.1. The Bertz CT molecular complexity index is 807. The second kappa shape index (κ2) is 7.09. The first kappa shape index (κ1) is 15.9. The van der Waals surface area contributed by atoms with Crippen molar-refractivity contribution in [3.8, 4) is 34.1 Å². The van der Waals surface area contributed by atoms with Gasteiger partial charge < -0.3 is 9.47 Å². The molecule has 121 valence electrons. The summed E-state index contributed by atoms with van der Waals surface area (Å²) in [4.78, 5) is 0. The molecule has 24 heavy (non-hydrogen) atoms. The summed E-state index contributed by atoms with van der Waals surface area (Å²) in [5.74, 6) is 2.21. The van der Waals surface area contributed by atoms with Gasteiger partial charge in [0.15, 0.2) is 5.75 Å². The molecule has 0 N–H and O–H groups in total. The van der Waals surface area contributed by atoms with Crippen LogP contribution in [0, 0.1) is 0 Å². The molecule has 3 nitrogen and oxygen atoms in total. The zero-order valence-corrected chi connectivity index (χ0v) is 13.7. The Morgan fingerprint density at radius 1 is 0.792 bits per heavy atom. The molecule has 0 spiro atoms. The monoisotopic (exact) mass is 319 g/mol. The van der Waals surface area contributed by atoms with Crippen LogP contribution in [0.25, 0.3) is 11.1 Å². The maximum Gasteiger partial charge on any atom is 0.178 e. The maximum absolute atomic E-state index is 11.3. The van der Waals surface area contributed by atoms with E-state index in [4.69, 9.17) is 9.47 Å². The van der Waals surface area contributed by atoms with E-state index in [0.29, 0.717) is 5.75 Å². The van der Waals surface area contributed by atoms with Crippen LogP contribution in [0.3, 0.4) is 0 Å². The molecule has 0 aliphatic carbocycles. The zero-order valence-electron chi connectivity index (χ0n) is 13.7. The number of hydrogen-bond donors (Lipinski definition) is 0. The summed E-state index contributed by atoms with van der Waals surface area (Å²) in [7, 11) is 0. The molecule has 0 saturated heterocycles. The highest BCUT2D eigenvalue weighted by Gasteiger charge is 2.08. The average molecular weight is 319 g/mol. The second-order valence-electron chi connectivity index (χ2n) is 5.76. The van der Waals surface area contributed by atoms with Crippen LogP contribution in [0.4, 0.5) is 0 Å². The minimum Gasteiger partial charge on any atom is -0.491 e. The summed E-state index contributed by atoms with van der Waals surface area (Å²) < 4.78 is 11.8. The molecule has 0 fully saturated rings. The molecule has 0 saturated carbocycles. The summed E-state index contributed by atoms with van der Waals surface area (Å²) >= 11 is 0. The van der Waals surface area contributed by atoms with E-state index in [9.17, 15) is 5.11 Å². The Morgan fingerprint density at radius 2 is 1.50 bits per heavy atom. The number of rotatable bonds is 5. The highest BCUT2D eigenvalue weighted by atomic mass is 16.5. The molecular weight excluding hydrogens is 300 g/mol. The van der Waals surface area contributed by atoms with Crippen LogP contribution in [0.2, 0.25) is 0 Å². The van der Waals surface area contributed by atoms with E-state index in [1.165, 1.54) is 0 Å². The van der Waals surface area contributed by atoms with E-state index in [1.807, 2.05) is 74.5 Å². The molecule has 0 aliphatic rings. The lowest BCUT2D eigenvalue weighted by atomic mass is 10.0. The molecule has 0 heterocycles. The molecule has 0 amide bonds. The normalized spacial score (nSPS) is 10.6. The van der Waals surface area contributed by atoms with E-state index in [0.717, 1.165) is 22.6 Å². The van der Waals surface area contributed by atoms with Crippen LogP contribution in [0.15, 0.2) is 72.8 Å². The van der Waals surface area contributed by atoms with Gasteiger partial charge in [0.25, 0.3) is 0 Å². The van der Waals surface area contributed by atoms with Crippen molar-refractivity contribution in [3.05, 3.63) is 72.8 Å². The molecule has 0 aliphatic heterocycles. The van der Waals surface area contributed by atoms with E-state index in [-0.39, 0.29) is 11.9 Å². The molecule has 0 unspecified atom stereocenters. The van der Waals surface area contributed by atoms with Gasteiger partial charge in [-0.05, 0) is 49.7 Å². The van der Waals surface area contributed by atoms with Crippen molar-refractivity contribution in [1.82, 2.24) is 0 Å². The van der Waals surface area contributed by atoms with Gasteiger partial charge in [0.1, 0.15) is 17.2 Å². The Hall–Kier alpha value is -2.94. The average Bonchev–Trinajstić information content (AvgIpc) is 2.56. The highest BCUT2D eigenvalue weighted by molar-refractivity contribution is 5.71. The van der Waals surface area contributed by atoms with Gasteiger partial charge in [0, 0.05) is 11.6 Å². The van der Waals surface area contributed by atoms with Gasteiger partial charge >= 0.3 is 0 Å². The molecule has 1 radical (unpaired) electrons. The van der Waals surface area contributed by atoms with Gasteiger partial charge in [-0.3, -0.25) is 5.11 Å². The predicted octanol–water partition coefficient (Wildman–Crippen LogP) is 6.08. The van der Waals surface area contributed by atoms with Crippen molar-refractivity contribution in [3.63, 3.8) is 0 Å². The number of hydrogen-bond acceptors (Lipinski definition) is 2. The molecule has 3 aromatic rings. The van der Waals surface area contributed by atoms with Gasteiger partial charge in [-0.15, -0.1) is 0 Å². The molecule has 0 bridgehead atoms. The fourth-order valence-electron chi connectivity index (χ4n) is 2.44. The number of para-hydroxylation sites is 1. The maximum atomic E-state index is 11.3. The van der Waals surface area contributed by atoms with E-state index < -0.39 is 0 Å². The molecule has 0 aromatic heterocycles. The number of benzene rings is 3. The Kier molecular flexibility index (Phi) is 4.71. The van der Waals surface area contributed by atoms with Gasteiger partial charge in [0.2, 0.25) is 0 Å². The topological polar surface area (TPSA) is 38.4 Å². The summed E-state index contributed by atoms with van der Waals surface area (Å²) in [5, 5.41) is 11.3. The Balaban J connectivity index is 1.90. The van der Waals surface area contributed by atoms with E-state index in [2.05, 4.69) is 0 Å². The quantitative estimate of drug-likeness (QED) is 0.572. The lowest BCUT2D eigenvalue weighted by molar-refractivity contribution is 0.241. The molecule has 3 heteroatoms. The van der Waals surface area contributed by atoms with Crippen LogP contribution >= 0.6 is 0 Å².